The summed E-state index contributed by atoms with van der Waals surface area (Å²) < 4.78 is 25.7. The third-order valence-electron chi connectivity index (χ3n) is 2.68. The second-order valence-electron chi connectivity index (χ2n) is 4.45. The molecule has 0 aliphatic heterocycles. The van der Waals surface area contributed by atoms with Gasteiger partial charge in [-0.15, -0.1) is 0 Å². The van der Waals surface area contributed by atoms with Gasteiger partial charge in [0.05, 0.1) is 5.25 Å². The predicted molar refractivity (Wildman–Crippen MR) is 52.8 cm³/mol. The maximum Gasteiger partial charge on any atom is 0.215 e. The first kappa shape index (κ1) is 10.9. The van der Waals surface area contributed by atoms with Crippen LogP contribution in [0.1, 0.15) is 27.2 Å². The van der Waals surface area contributed by atoms with Crippen molar-refractivity contribution in [2.45, 2.75) is 38.5 Å². The highest BCUT2D eigenvalue weighted by Crippen LogP contribution is 2.45. The Balaban J connectivity index is 2.55. The SMILES string of the molecule is CC(CN)S(=O)(=O)NC1CC1(C)C. The first-order valence-electron chi connectivity index (χ1n) is 4.51. The zero-order valence-corrected chi connectivity index (χ0v) is 9.19. The number of hydrogen-bond acceptors (Lipinski definition) is 3. The maximum absolute atomic E-state index is 11.5. The van der Waals surface area contributed by atoms with Crippen LogP contribution in [0.4, 0.5) is 0 Å². The van der Waals surface area contributed by atoms with Gasteiger partial charge in [0.25, 0.3) is 0 Å². The molecule has 2 unspecified atom stereocenters. The summed E-state index contributed by atoms with van der Waals surface area (Å²) in [5.41, 5.74) is 5.43. The van der Waals surface area contributed by atoms with Crippen LogP contribution in [0.2, 0.25) is 0 Å². The van der Waals surface area contributed by atoms with Gasteiger partial charge in [-0.3, -0.25) is 0 Å². The molecule has 0 aromatic carbocycles. The zero-order chi connectivity index (χ0) is 10.3. The van der Waals surface area contributed by atoms with E-state index in [1.165, 1.54) is 0 Å². The standard InChI is InChI=1S/C8H18N2O2S/c1-6(5-9)13(11,12)10-7-4-8(7,2)3/h6-7,10H,4-5,9H2,1-3H3. The summed E-state index contributed by atoms with van der Waals surface area (Å²) in [5.74, 6) is 0. The lowest BCUT2D eigenvalue weighted by Gasteiger charge is -2.12. The molecule has 0 saturated heterocycles. The summed E-state index contributed by atoms with van der Waals surface area (Å²) >= 11 is 0. The smallest absolute Gasteiger partial charge is 0.215 e. The molecule has 3 N–H and O–H groups in total. The highest BCUT2D eigenvalue weighted by Gasteiger charge is 2.48. The van der Waals surface area contributed by atoms with Crippen molar-refractivity contribution in [3.8, 4) is 0 Å². The van der Waals surface area contributed by atoms with Gasteiger partial charge in [0.2, 0.25) is 10.0 Å². The number of nitrogens with two attached hydrogens (primary N) is 1. The van der Waals surface area contributed by atoms with Crippen molar-refractivity contribution in [2.24, 2.45) is 11.1 Å². The van der Waals surface area contributed by atoms with Crippen LogP contribution in [0, 0.1) is 5.41 Å². The predicted octanol–water partition coefficient (Wildman–Crippen LogP) is 0.0515. The summed E-state index contributed by atoms with van der Waals surface area (Å²) in [7, 11) is -3.19. The van der Waals surface area contributed by atoms with Gasteiger partial charge in [-0.2, -0.15) is 0 Å². The molecule has 4 nitrogen and oxygen atoms in total. The van der Waals surface area contributed by atoms with E-state index in [4.69, 9.17) is 5.73 Å². The lowest BCUT2D eigenvalue weighted by molar-refractivity contribution is 0.546. The van der Waals surface area contributed by atoms with E-state index in [1.807, 2.05) is 13.8 Å². The second kappa shape index (κ2) is 3.22. The first-order valence-corrected chi connectivity index (χ1v) is 6.05. The maximum atomic E-state index is 11.5. The van der Waals surface area contributed by atoms with Crippen LogP contribution in [0.25, 0.3) is 0 Å². The van der Waals surface area contributed by atoms with Crippen LogP contribution in [0.5, 0.6) is 0 Å². The topological polar surface area (TPSA) is 72.2 Å². The fraction of sp³-hybridized carbons (Fsp3) is 1.00. The van der Waals surface area contributed by atoms with Gasteiger partial charge < -0.3 is 5.73 Å². The molecule has 0 amide bonds. The summed E-state index contributed by atoms with van der Waals surface area (Å²) in [4.78, 5) is 0. The van der Waals surface area contributed by atoms with Gasteiger partial charge in [0.1, 0.15) is 0 Å². The fourth-order valence-electron chi connectivity index (χ4n) is 1.11. The first-order chi connectivity index (χ1) is 5.79. The number of hydrogen-bond donors (Lipinski definition) is 2. The van der Waals surface area contributed by atoms with E-state index >= 15 is 0 Å². The molecule has 0 radical (unpaired) electrons. The largest absolute Gasteiger partial charge is 0.329 e. The number of rotatable bonds is 4. The van der Waals surface area contributed by atoms with E-state index < -0.39 is 15.3 Å². The molecule has 1 aliphatic rings. The van der Waals surface area contributed by atoms with E-state index in [0.29, 0.717) is 0 Å². The molecule has 0 heterocycles. The molecule has 5 heteroatoms. The van der Waals surface area contributed by atoms with Crippen LogP contribution in [-0.2, 0) is 10.0 Å². The molecule has 0 bridgehead atoms. The summed E-state index contributed by atoms with van der Waals surface area (Å²) in [6, 6.07) is 0.103. The van der Waals surface area contributed by atoms with Crippen LogP contribution in [0.15, 0.2) is 0 Å². The molecule has 1 rings (SSSR count). The van der Waals surface area contributed by atoms with Crippen molar-refractivity contribution in [1.29, 1.82) is 0 Å². The minimum atomic E-state index is -3.19. The van der Waals surface area contributed by atoms with Gasteiger partial charge in [0, 0.05) is 12.6 Å². The van der Waals surface area contributed by atoms with Gasteiger partial charge in [0.15, 0.2) is 0 Å². The third kappa shape index (κ3) is 2.42. The molecule has 1 saturated carbocycles. The molecule has 1 aliphatic carbocycles. The minimum Gasteiger partial charge on any atom is -0.329 e. The Hall–Kier alpha value is -0.130. The molecule has 0 spiro atoms. The Morgan fingerprint density at radius 1 is 1.62 bits per heavy atom. The van der Waals surface area contributed by atoms with Crippen molar-refractivity contribution >= 4 is 10.0 Å². The molecule has 0 aromatic heterocycles. The monoisotopic (exact) mass is 206 g/mol. The van der Waals surface area contributed by atoms with Gasteiger partial charge >= 0.3 is 0 Å². The third-order valence-corrected chi connectivity index (χ3v) is 4.55. The van der Waals surface area contributed by atoms with E-state index in [0.717, 1.165) is 6.42 Å². The van der Waals surface area contributed by atoms with Crippen molar-refractivity contribution in [3.05, 3.63) is 0 Å². The summed E-state index contributed by atoms with van der Waals surface area (Å²) in [6.45, 7) is 5.89. The normalized spacial score (nSPS) is 28.5. The van der Waals surface area contributed by atoms with E-state index in [2.05, 4.69) is 4.72 Å². The molecule has 2 atom stereocenters. The van der Waals surface area contributed by atoms with Crippen molar-refractivity contribution < 1.29 is 8.42 Å². The fourth-order valence-corrected chi connectivity index (χ4v) is 2.39. The van der Waals surface area contributed by atoms with Crippen molar-refractivity contribution in [2.75, 3.05) is 6.54 Å². The molecule has 1 fully saturated rings. The van der Waals surface area contributed by atoms with Gasteiger partial charge in [-0.05, 0) is 18.8 Å². The highest BCUT2D eigenvalue weighted by atomic mass is 32.2. The Morgan fingerprint density at radius 2 is 2.08 bits per heavy atom. The molecule has 13 heavy (non-hydrogen) atoms. The van der Waals surface area contributed by atoms with Crippen LogP contribution >= 0.6 is 0 Å². The Labute approximate surface area is 79.9 Å². The number of nitrogens with one attached hydrogen (secondary N) is 1. The van der Waals surface area contributed by atoms with Crippen molar-refractivity contribution in [1.82, 2.24) is 4.72 Å². The lowest BCUT2D eigenvalue weighted by Crippen LogP contribution is -2.39. The summed E-state index contributed by atoms with van der Waals surface area (Å²) in [5, 5.41) is -0.496. The average molecular weight is 206 g/mol. The van der Waals surface area contributed by atoms with Gasteiger partial charge in [-0.25, -0.2) is 13.1 Å². The Kier molecular flexibility index (Phi) is 2.71. The van der Waals surface area contributed by atoms with E-state index in [1.54, 1.807) is 6.92 Å². The Morgan fingerprint density at radius 3 is 2.38 bits per heavy atom. The van der Waals surface area contributed by atoms with Crippen LogP contribution < -0.4 is 10.5 Å². The van der Waals surface area contributed by atoms with E-state index in [-0.39, 0.29) is 18.0 Å². The molecule has 0 aromatic rings. The molecular weight excluding hydrogens is 188 g/mol. The highest BCUT2D eigenvalue weighted by molar-refractivity contribution is 7.90. The van der Waals surface area contributed by atoms with Crippen molar-refractivity contribution in [3.63, 3.8) is 0 Å². The Bertz CT molecular complexity index is 285. The summed E-state index contributed by atoms with van der Waals surface area (Å²) in [6.07, 6.45) is 0.920. The second-order valence-corrected chi connectivity index (χ2v) is 6.58. The zero-order valence-electron chi connectivity index (χ0n) is 8.37. The van der Waals surface area contributed by atoms with E-state index in [9.17, 15) is 8.42 Å². The molecule has 78 valence electrons. The average Bonchev–Trinajstić information content (AvgIpc) is 2.55. The van der Waals surface area contributed by atoms with Crippen LogP contribution in [0.3, 0.4) is 0 Å². The molecular formula is C8H18N2O2S. The number of sulfonamides is 1. The van der Waals surface area contributed by atoms with Gasteiger partial charge in [-0.1, -0.05) is 13.8 Å². The quantitative estimate of drug-likeness (QED) is 0.683. The van der Waals surface area contributed by atoms with Crippen LogP contribution in [-0.4, -0.2) is 26.3 Å². The minimum absolute atomic E-state index is 0.103. The lowest BCUT2D eigenvalue weighted by atomic mass is 10.2.